The van der Waals surface area contributed by atoms with E-state index in [0.29, 0.717) is 5.11 Å². The molecule has 0 saturated carbocycles. The number of nitrogens with zero attached hydrogens (tertiary/aromatic N) is 1. The largest absolute Gasteiger partial charge is 0.496 e. The maximum absolute atomic E-state index is 5.61. The fourth-order valence-corrected chi connectivity index (χ4v) is 4.04. The van der Waals surface area contributed by atoms with Crippen molar-refractivity contribution in [1.29, 1.82) is 0 Å². The zero-order valence-corrected chi connectivity index (χ0v) is 17.2. The van der Waals surface area contributed by atoms with Crippen molar-refractivity contribution in [3.63, 3.8) is 0 Å². The van der Waals surface area contributed by atoms with Gasteiger partial charge in [-0.15, -0.1) is 0 Å². The zero-order valence-electron chi connectivity index (χ0n) is 16.4. The molecule has 1 saturated heterocycles. The molecule has 1 atom stereocenters. The van der Waals surface area contributed by atoms with Crippen LogP contribution in [0.25, 0.3) is 0 Å². The number of para-hydroxylation sites is 1. The molecule has 144 valence electrons. The van der Waals surface area contributed by atoms with Crippen LogP contribution in [0.4, 0.5) is 5.69 Å². The summed E-state index contributed by atoms with van der Waals surface area (Å²) in [5.41, 5.74) is 4.69. The quantitative estimate of drug-likeness (QED) is 0.722. The number of aryl methyl sites for hydroxylation is 2. The van der Waals surface area contributed by atoms with Crippen LogP contribution in [0, 0.1) is 13.8 Å². The molecule has 2 aromatic carbocycles. The lowest BCUT2D eigenvalue weighted by atomic mass is 10.0. The van der Waals surface area contributed by atoms with Crippen LogP contribution < -0.4 is 15.4 Å². The van der Waals surface area contributed by atoms with E-state index in [1.54, 1.807) is 7.11 Å². The van der Waals surface area contributed by atoms with Crippen LogP contribution in [0.1, 0.15) is 35.6 Å². The van der Waals surface area contributed by atoms with Gasteiger partial charge in [-0.25, -0.2) is 0 Å². The van der Waals surface area contributed by atoms with Crippen molar-refractivity contribution in [2.75, 3.05) is 32.1 Å². The van der Waals surface area contributed by atoms with Crippen LogP contribution in [0.15, 0.2) is 42.5 Å². The average Bonchev–Trinajstić information content (AvgIpc) is 3.16. The highest BCUT2D eigenvalue weighted by Crippen LogP contribution is 2.31. The summed E-state index contributed by atoms with van der Waals surface area (Å²) in [7, 11) is 1.74. The summed E-state index contributed by atoms with van der Waals surface area (Å²) < 4.78 is 5.61. The molecule has 0 bridgehead atoms. The van der Waals surface area contributed by atoms with E-state index in [0.717, 1.165) is 31.1 Å². The van der Waals surface area contributed by atoms with Gasteiger partial charge < -0.3 is 15.4 Å². The highest BCUT2D eigenvalue weighted by Gasteiger charge is 2.25. The highest BCUT2D eigenvalue weighted by molar-refractivity contribution is 7.80. The first-order chi connectivity index (χ1) is 13.1. The summed E-state index contributed by atoms with van der Waals surface area (Å²) in [6.07, 6.45) is 2.49. The molecule has 27 heavy (non-hydrogen) atoms. The highest BCUT2D eigenvalue weighted by atomic mass is 32.1. The van der Waals surface area contributed by atoms with Crippen molar-refractivity contribution >= 4 is 23.0 Å². The number of anilines is 1. The van der Waals surface area contributed by atoms with Gasteiger partial charge in [0.1, 0.15) is 5.75 Å². The molecular weight excluding hydrogens is 354 g/mol. The van der Waals surface area contributed by atoms with Crippen molar-refractivity contribution in [3.05, 3.63) is 59.2 Å². The Hall–Kier alpha value is -2.11. The molecule has 0 spiro atoms. The first-order valence-corrected chi connectivity index (χ1v) is 9.98. The number of hydrogen-bond donors (Lipinski definition) is 2. The van der Waals surface area contributed by atoms with Crippen LogP contribution in [-0.4, -0.2) is 36.8 Å². The average molecular weight is 384 g/mol. The molecular formula is C22H29N3OS. The van der Waals surface area contributed by atoms with Crippen molar-refractivity contribution < 1.29 is 4.74 Å². The number of rotatable bonds is 6. The fraction of sp³-hybridized carbons (Fsp3) is 0.409. The molecule has 1 fully saturated rings. The topological polar surface area (TPSA) is 36.5 Å². The predicted molar refractivity (Wildman–Crippen MR) is 117 cm³/mol. The third kappa shape index (κ3) is 5.21. The molecule has 2 aromatic rings. The van der Waals surface area contributed by atoms with E-state index in [-0.39, 0.29) is 6.04 Å². The molecule has 1 heterocycles. The van der Waals surface area contributed by atoms with Gasteiger partial charge >= 0.3 is 0 Å². The smallest absolute Gasteiger partial charge is 0.170 e. The lowest BCUT2D eigenvalue weighted by Crippen LogP contribution is -2.38. The summed E-state index contributed by atoms with van der Waals surface area (Å²) in [6.45, 7) is 7.17. The summed E-state index contributed by atoms with van der Waals surface area (Å²) in [5, 5.41) is 7.39. The summed E-state index contributed by atoms with van der Waals surface area (Å²) in [5.74, 6) is 0.935. The minimum atomic E-state index is 0.239. The maximum Gasteiger partial charge on any atom is 0.170 e. The minimum Gasteiger partial charge on any atom is -0.496 e. The first kappa shape index (κ1) is 19.6. The minimum absolute atomic E-state index is 0.239. The standard InChI is InChI=1S/C22H29N3OS/c1-16-12-17(2)14-18(13-16)24-22(27)23-15-20(25-10-6-7-11-25)19-8-4-5-9-21(19)26-3/h4-5,8-9,12-14,20H,6-7,10-11,15H2,1-3H3,(H2,23,24,27). The third-order valence-electron chi connectivity index (χ3n) is 5.01. The van der Waals surface area contributed by atoms with Gasteiger partial charge in [0.15, 0.2) is 5.11 Å². The summed E-state index contributed by atoms with van der Waals surface area (Å²) in [4.78, 5) is 2.52. The van der Waals surface area contributed by atoms with Crippen LogP contribution in [0.3, 0.4) is 0 Å². The SMILES string of the molecule is COc1ccccc1C(CNC(=S)Nc1cc(C)cc(C)c1)N1CCCC1. The van der Waals surface area contributed by atoms with E-state index in [1.165, 1.54) is 29.5 Å². The Bertz CT molecular complexity index is 767. The van der Waals surface area contributed by atoms with Crippen molar-refractivity contribution in [2.45, 2.75) is 32.7 Å². The van der Waals surface area contributed by atoms with E-state index in [9.17, 15) is 0 Å². The van der Waals surface area contributed by atoms with E-state index in [2.05, 4.69) is 59.7 Å². The predicted octanol–water partition coefficient (Wildman–Crippen LogP) is 4.44. The van der Waals surface area contributed by atoms with Crippen molar-refractivity contribution in [1.82, 2.24) is 10.2 Å². The monoisotopic (exact) mass is 383 g/mol. The normalized spacial score (nSPS) is 15.4. The number of methoxy groups -OCH3 is 1. The Morgan fingerprint density at radius 3 is 2.44 bits per heavy atom. The molecule has 4 nitrogen and oxygen atoms in total. The number of benzene rings is 2. The molecule has 2 N–H and O–H groups in total. The second-order valence-electron chi connectivity index (χ2n) is 7.21. The summed E-state index contributed by atoms with van der Waals surface area (Å²) in [6, 6.07) is 14.9. The molecule has 5 heteroatoms. The molecule has 0 aliphatic carbocycles. The Kier molecular flexibility index (Phi) is 6.69. The van der Waals surface area contributed by atoms with Gasteiger partial charge in [-0.1, -0.05) is 24.3 Å². The number of likely N-dealkylation sites (tertiary alicyclic amines) is 1. The van der Waals surface area contributed by atoms with E-state index >= 15 is 0 Å². The zero-order chi connectivity index (χ0) is 19.2. The van der Waals surface area contributed by atoms with Crippen LogP contribution >= 0.6 is 12.2 Å². The third-order valence-corrected chi connectivity index (χ3v) is 5.26. The maximum atomic E-state index is 5.61. The number of ether oxygens (including phenoxy) is 1. The van der Waals surface area contributed by atoms with E-state index < -0.39 is 0 Å². The molecule has 0 aromatic heterocycles. The molecule has 0 radical (unpaired) electrons. The van der Waals surface area contributed by atoms with Crippen molar-refractivity contribution in [3.8, 4) is 5.75 Å². The fourth-order valence-electron chi connectivity index (χ4n) is 3.84. The second-order valence-corrected chi connectivity index (χ2v) is 7.62. The molecule has 0 amide bonds. The second kappa shape index (κ2) is 9.20. The van der Waals surface area contributed by atoms with Gasteiger partial charge in [0, 0.05) is 17.8 Å². The van der Waals surface area contributed by atoms with E-state index in [4.69, 9.17) is 17.0 Å². The molecule has 1 aliphatic heterocycles. The van der Waals surface area contributed by atoms with Gasteiger partial charge in [-0.3, -0.25) is 4.90 Å². The number of thiocarbonyl (C=S) groups is 1. The number of nitrogens with one attached hydrogen (secondary N) is 2. The first-order valence-electron chi connectivity index (χ1n) is 9.57. The van der Waals surface area contributed by atoms with Crippen LogP contribution in [0.5, 0.6) is 5.75 Å². The van der Waals surface area contributed by atoms with Crippen LogP contribution in [-0.2, 0) is 0 Å². The van der Waals surface area contributed by atoms with Gasteiger partial charge in [0.05, 0.1) is 13.2 Å². The number of hydrogen-bond acceptors (Lipinski definition) is 3. The molecule has 1 aliphatic rings. The molecule has 3 rings (SSSR count). The van der Waals surface area contributed by atoms with Gasteiger partial charge in [-0.05, 0) is 81.3 Å². The Morgan fingerprint density at radius 1 is 1.11 bits per heavy atom. The van der Waals surface area contributed by atoms with Gasteiger partial charge in [-0.2, -0.15) is 0 Å². The lowest BCUT2D eigenvalue weighted by molar-refractivity contribution is 0.240. The van der Waals surface area contributed by atoms with E-state index in [1.807, 2.05) is 12.1 Å². The molecule has 1 unspecified atom stereocenters. The Labute approximate surface area is 167 Å². The summed E-state index contributed by atoms with van der Waals surface area (Å²) >= 11 is 5.55. The Balaban J connectivity index is 1.70. The van der Waals surface area contributed by atoms with Crippen LogP contribution in [0.2, 0.25) is 0 Å². The van der Waals surface area contributed by atoms with Gasteiger partial charge in [0.2, 0.25) is 0 Å². The Morgan fingerprint density at radius 2 is 1.78 bits per heavy atom. The van der Waals surface area contributed by atoms with Crippen molar-refractivity contribution in [2.24, 2.45) is 0 Å². The lowest BCUT2D eigenvalue weighted by Gasteiger charge is -2.29. The van der Waals surface area contributed by atoms with Gasteiger partial charge in [0.25, 0.3) is 0 Å².